The number of nitrogens with one attached hydrogen (secondary N) is 1. The smallest absolute Gasteiger partial charge is 0.184 e. The first-order valence-electron chi connectivity index (χ1n) is 7.01. The van der Waals surface area contributed by atoms with Crippen molar-refractivity contribution in [3.63, 3.8) is 0 Å². The van der Waals surface area contributed by atoms with Gasteiger partial charge in [0.1, 0.15) is 6.07 Å². The summed E-state index contributed by atoms with van der Waals surface area (Å²) in [6.07, 6.45) is 1.85. The number of ketones is 1. The second-order valence-electron chi connectivity index (χ2n) is 5.10. The second kappa shape index (κ2) is 5.74. The average molecular weight is 289 g/mol. The Labute approximate surface area is 128 Å². The summed E-state index contributed by atoms with van der Waals surface area (Å²) >= 11 is 0. The Morgan fingerprint density at radius 2 is 1.91 bits per heavy atom. The van der Waals surface area contributed by atoms with Crippen LogP contribution >= 0.6 is 0 Å². The molecule has 0 radical (unpaired) electrons. The summed E-state index contributed by atoms with van der Waals surface area (Å²) in [5.41, 5.74) is 2.94. The van der Waals surface area contributed by atoms with Gasteiger partial charge in [0.15, 0.2) is 5.78 Å². The number of anilines is 1. The summed E-state index contributed by atoms with van der Waals surface area (Å²) in [6, 6.07) is 17.1. The molecular weight excluding hydrogens is 274 g/mol. The molecule has 0 aliphatic carbocycles. The van der Waals surface area contributed by atoms with E-state index in [0.717, 1.165) is 10.9 Å². The third kappa shape index (κ3) is 2.45. The quantitative estimate of drug-likeness (QED) is 0.749. The molecule has 0 aliphatic rings. The number of benzene rings is 2. The average Bonchev–Trinajstić information content (AvgIpc) is 2.90. The van der Waals surface area contributed by atoms with Gasteiger partial charge in [-0.1, -0.05) is 30.3 Å². The summed E-state index contributed by atoms with van der Waals surface area (Å²) in [5, 5.41) is 13.1. The van der Waals surface area contributed by atoms with E-state index in [0.29, 0.717) is 16.8 Å². The normalized spacial score (nSPS) is 10.4. The highest BCUT2D eigenvalue weighted by Crippen LogP contribution is 2.21. The van der Waals surface area contributed by atoms with Crippen molar-refractivity contribution >= 4 is 22.4 Å². The van der Waals surface area contributed by atoms with Crippen molar-refractivity contribution in [1.82, 2.24) is 4.57 Å². The van der Waals surface area contributed by atoms with Crippen molar-refractivity contribution in [2.75, 3.05) is 11.9 Å². The summed E-state index contributed by atoms with van der Waals surface area (Å²) in [7, 11) is 1.93. The molecule has 0 aliphatic heterocycles. The molecule has 108 valence electrons. The third-order valence-corrected chi connectivity index (χ3v) is 3.68. The van der Waals surface area contributed by atoms with E-state index in [9.17, 15) is 4.79 Å². The number of carbonyl (C=O) groups is 1. The van der Waals surface area contributed by atoms with E-state index in [1.165, 1.54) is 0 Å². The van der Waals surface area contributed by atoms with Gasteiger partial charge in [0, 0.05) is 29.7 Å². The van der Waals surface area contributed by atoms with Crippen LogP contribution in [-0.2, 0) is 7.05 Å². The van der Waals surface area contributed by atoms with Crippen LogP contribution in [0.4, 0.5) is 5.69 Å². The van der Waals surface area contributed by atoms with Crippen LogP contribution in [0.15, 0.2) is 54.7 Å². The van der Waals surface area contributed by atoms with Gasteiger partial charge < -0.3 is 9.88 Å². The molecule has 1 aromatic heterocycles. The van der Waals surface area contributed by atoms with E-state index < -0.39 is 0 Å². The molecule has 0 bridgehead atoms. The van der Waals surface area contributed by atoms with Gasteiger partial charge in [0.25, 0.3) is 0 Å². The Bertz CT molecular complexity index is 887. The summed E-state index contributed by atoms with van der Waals surface area (Å²) in [6.45, 7) is 0.159. The van der Waals surface area contributed by atoms with E-state index in [4.69, 9.17) is 5.26 Å². The second-order valence-corrected chi connectivity index (χ2v) is 5.10. The molecule has 0 saturated carbocycles. The van der Waals surface area contributed by atoms with Crippen molar-refractivity contribution in [2.24, 2.45) is 7.05 Å². The molecule has 0 amide bonds. The Balaban J connectivity index is 1.84. The molecule has 1 N–H and O–H groups in total. The molecule has 0 fully saturated rings. The summed E-state index contributed by atoms with van der Waals surface area (Å²) in [5.74, 6) is 0.00421. The number of aryl methyl sites for hydroxylation is 1. The molecule has 0 atom stereocenters. The van der Waals surface area contributed by atoms with Crippen molar-refractivity contribution in [3.05, 3.63) is 65.9 Å². The van der Waals surface area contributed by atoms with Gasteiger partial charge in [-0.3, -0.25) is 4.79 Å². The molecule has 0 spiro atoms. The van der Waals surface area contributed by atoms with E-state index >= 15 is 0 Å². The lowest BCUT2D eigenvalue weighted by Gasteiger charge is -2.06. The lowest BCUT2D eigenvalue weighted by molar-refractivity contribution is 0.101. The number of hydrogen-bond acceptors (Lipinski definition) is 3. The van der Waals surface area contributed by atoms with Crippen LogP contribution in [0.5, 0.6) is 0 Å². The van der Waals surface area contributed by atoms with Crippen molar-refractivity contribution in [1.29, 1.82) is 5.26 Å². The zero-order chi connectivity index (χ0) is 15.5. The number of Topliss-reactive ketones (excluding diaryl/α,β-unsaturated/α-hetero) is 1. The fourth-order valence-corrected chi connectivity index (χ4v) is 2.57. The summed E-state index contributed by atoms with van der Waals surface area (Å²) in [4.78, 5) is 12.5. The Kier molecular flexibility index (Phi) is 3.63. The van der Waals surface area contributed by atoms with Gasteiger partial charge in [-0.05, 0) is 18.2 Å². The number of nitrogens with zero attached hydrogens (tertiary/aromatic N) is 2. The standard InChI is InChI=1S/C18H15N3O/c1-21-12-15(14-7-3-5-9-17(14)21)18(22)11-20-16-8-4-2-6-13(16)10-19/h2-9,12,20H,11H2,1H3. The third-order valence-electron chi connectivity index (χ3n) is 3.68. The SMILES string of the molecule is Cn1cc(C(=O)CNc2ccccc2C#N)c2ccccc21. The van der Waals surface area contributed by atoms with Crippen LogP contribution in [0.3, 0.4) is 0 Å². The van der Waals surface area contributed by atoms with Crippen LogP contribution in [0.25, 0.3) is 10.9 Å². The largest absolute Gasteiger partial charge is 0.377 e. The molecule has 1 heterocycles. The lowest BCUT2D eigenvalue weighted by atomic mass is 10.1. The number of aromatic nitrogens is 1. The number of fused-ring (bicyclic) bond motifs is 1. The fraction of sp³-hybridized carbons (Fsp3) is 0.111. The Hall–Kier alpha value is -3.06. The number of para-hydroxylation sites is 2. The van der Waals surface area contributed by atoms with Crippen molar-refractivity contribution < 1.29 is 4.79 Å². The molecule has 0 unspecified atom stereocenters. The minimum atomic E-state index is 0.00421. The van der Waals surface area contributed by atoms with Gasteiger partial charge in [-0.15, -0.1) is 0 Å². The molecular formula is C18H15N3O. The topological polar surface area (TPSA) is 57.8 Å². The highest BCUT2D eigenvalue weighted by molar-refractivity contribution is 6.09. The van der Waals surface area contributed by atoms with Crippen LogP contribution < -0.4 is 5.32 Å². The molecule has 22 heavy (non-hydrogen) atoms. The maximum absolute atomic E-state index is 12.5. The van der Waals surface area contributed by atoms with Gasteiger partial charge in [-0.2, -0.15) is 5.26 Å². The monoisotopic (exact) mass is 289 g/mol. The maximum atomic E-state index is 12.5. The minimum Gasteiger partial charge on any atom is -0.377 e. The fourth-order valence-electron chi connectivity index (χ4n) is 2.57. The first kappa shape index (κ1) is 13.9. The first-order valence-corrected chi connectivity index (χ1v) is 7.01. The van der Waals surface area contributed by atoms with Gasteiger partial charge in [0.2, 0.25) is 0 Å². The molecule has 3 rings (SSSR count). The number of carbonyl (C=O) groups excluding carboxylic acids is 1. The molecule has 4 heteroatoms. The zero-order valence-electron chi connectivity index (χ0n) is 12.2. The number of rotatable bonds is 4. The van der Waals surface area contributed by atoms with Gasteiger partial charge in [0.05, 0.1) is 17.8 Å². The van der Waals surface area contributed by atoms with Crippen LogP contribution in [-0.4, -0.2) is 16.9 Å². The van der Waals surface area contributed by atoms with E-state index in [2.05, 4.69) is 11.4 Å². The molecule has 0 saturated heterocycles. The highest BCUT2D eigenvalue weighted by Gasteiger charge is 2.13. The molecule has 3 aromatic rings. The van der Waals surface area contributed by atoms with Crippen LogP contribution in [0.1, 0.15) is 15.9 Å². The number of nitriles is 1. The summed E-state index contributed by atoms with van der Waals surface area (Å²) < 4.78 is 1.95. The van der Waals surface area contributed by atoms with E-state index in [1.54, 1.807) is 18.2 Å². The highest BCUT2D eigenvalue weighted by atomic mass is 16.1. The van der Waals surface area contributed by atoms with E-state index in [-0.39, 0.29) is 12.3 Å². The lowest BCUT2D eigenvalue weighted by Crippen LogP contribution is -2.14. The predicted molar refractivity (Wildman–Crippen MR) is 86.9 cm³/mol. The van der Waals surface area contributed by atoms with Gasteiger partial charge in [-0.25, -0.2) is 0 Å². The van der Waals surface area contributed by atoms with Crippen LogP contribution in [0, 0.1) is 11.3 Å². The van der Waals surface area contributed by atoms with Crippen LogP contribution in [0.2, 0.25) is 0 Å². The van der Waals surface area contributed by atoms with Gasteiger partial charge >= 0.3 is 0 Å². The molecule has 4 nitrogen and oxygen atoms in total. The van der Waals surface area contributed by atoms with E-state index in [1.807, 2.05) is 48.1 Å². The van der Waals surface area contributed by atoms with Crippen molar-refractivity contribution in [2.45, 2.75) is 0 Å². The maximum Gasteiger partial charge on any atom is 0.184 e. The Morgan fingerprint density at radius 3 is 2.73 bits per heavy atom. The predicted octanol–water partition coefficient (Wildman–Crippen LogP) is 3.34. The first-order chi connectivity index (χ1) is 10.7. The molecule has 2 aromatic carbocycles. The minimum absolute atomic E-state index is 0.00421. The van der Waals surface area contributed by atoms with Crippen molar-refractivity contribution in [3.8, 4) is 6.07 Å². The number of hydrogen-bond donors (Lipinski definition) is 1. The Morgan fingerprint density at radius 1 is 1.18 bits per heavy atom. The zero-order valence-corrected chi connectivity index (χ0v) is 12.2.